The van der Waals surface area contributed by atoms with Gasteiger partial charge in [0, 0.05) is 30.6 Å². The number of amides is 2. The van der Waals surface area contributed by atoms with E-state index in [1.165, 1.54) is 19.3 Å². The molecule has 6 rings (SSSR count). The number of hydrogen-bond acceptors (Lipinski definition) is 3. The van der Waals surface area contributed by atoms with Gasteiger partial charge in [0.1, 0.15) is 0 Å². The summed E-state index contributed by atoms with van der Waals surface area (Å²) in [6.07, 6.45) is 8.34. The number of carbonyl (C=O) groups excluding carboxylic acids is 2. The summed E-state index contributed by atoms with van der Waals surface area (Å²) < 4.78 is 0. The molecule has 5 heteroatoms. The van der Waals surface area contributed by atoms with Crippen LogP contribution in [-0.2, 0) is 11.3 Å². The second-order valence-corrected chi connectivity index (χ2v) is 10.2. The predicted molar refractivity (Wildman–Crippen MR) is 112 cm³/mol. The number of benzene rings is 1. The SMILES string of the molecule is NCC1CCN(C(=O)c2ccc(CNC(=O)C34CC5CC(CC(C5)C3)C4)cc2)C1. The van der Waals surface area contributed by atoms with Crippen molar-refractivity contribution in [2.75, 3.05) is 19.6 Å². The van der Waals surface area contributed by atoms with E-state index in [4.69, 9.17) is 5.73 Å². The Balaban J connectivity index is 1.18. The lowest BCUT2D eigenvalue weighted by molar-refractivity contribution is -0.146. The van der Waals surface area contributed by atoms with Gasteiger partial charge in [-0.15, -0.1) is 0 Å². The minimum atomic E-state index is -0.0973. The molecule has 1 atom stereocenters. The van der Waals surface area contributed by atoms with E-state index < -0.39 is 0 Å². The highest BCUT2D eigenvalue weighted by Gasteiger charge is 2.54. The van der Waals surface area contributed by atoms with Crippen molar-refractivity contribution in [1.82, 2.24) is 10.2 Å². The van der Waals surface area contributed by atoms with E-state index in [2.05, 4.69) is 5.32 Å². The monoisotopic (exact) mass is 395 g/mol. The van der Waals surface area contributed by atoms with Crippen LogP contribution in [0.1, 0.15) is 60.9 Å². The van der Waals surface area contributed by atoms with E-state index in [1.807, 2.05) is 29.2 Å². The van der Waals surface area contributed by atoms with Crippen LogP contribution in [0.25, 0.3) is 0 Å². The maximum atomic E-state index is 13.1. The third-order valence-corrected chi connectivity index (χ3v) is 8.08. The zero-order valence-corrected chi connectivity index (χ0v) is 17.2. The van der Waals surface area contributed by atoms with Crippen LogP contribution in [0.2, 0.25) is 0 Å². The molecule has 0 radical (unpaired) electrons. The predicted octanol–water partition coefficient (Wildman–Crippen LogP) is 2.94. The van der Waals surface area contributed by atoms with Crippen LogP contribution in [0, 0.1) is 29.1 Å². The summed E-state index contributed by atoms with van der Waals surface area (Å²) in [5, 5.41) is 3.23. The van der Waals surface area contributed by atoms with E-state index in [0.29, 0.717) is 19.0 Å². The highest BCUT2D eigenvalue weighted by molar-refractivity contribution is 5.94. The van der Waals surface area contributed by atoms with Crippen molar-refractivity contribution in [2.24, 2.45) is 34.8 Å². The van der Waals surface area contributed by atoms with Gasteiger partial charge in [-0.05, 0) is 92.9 Å². The molecule has 1 heterocycles. The normalized spacial score (nSPS) is 35.1. The minimum absolute atomic E-state index is 0.0881. The topological polar surface area (TPSA) is 75.4 Å². The molecule has 4 aliphatic carbocycles. The number of nitrogens with zero attached hydrogens (tertiary/aromatic N) is 1. The Hall–Kier alpha value is -1.88. The first-order valence-corrected chi connectivity index (χ1v) is 11.4. The van der Waals surface area contributed by atoms with Crippen LogP contribution in [-0.4, -0.2) is 36.3 Å². The molecular formula is C24H33N3O2. The molecule has 29 heavy (non-hydrogen) atoms. The molecule has 4 bridgehead atoms. The third kappa shape index (κ3) is 3.58. The second kappa shape index (κ2) is 7.42. The van der Waals surface area contributed by atoms with E-state index in [0.717, 1.165) is 67.7 Å². The summed E-state index contributed by atoms with van der Waals surface area (Å²) >= 11 is 0. The minimum Gasteiger partial charge on any atom is -0.352 e. The van der Waals surface area contributed by atoms with Gasteiger partial charge in [-0.25, -0.2) is 0 Å². The zero-order chi connectivity index (χ0) is 20.0. The maximum Gasteiger partial charge on any atom is 0.253 e. The number of nitrogens with two attached hydrogens (primary N) is 1. The van der Waals surface area contributed by atoms with Gasteiger partial charge in [0.25, 0.3) is 5.91 Å². The quantitative estimate of drug-likeness (QED) is 0.805. The molecule has 156 valence electrons. The average molecular weight is 396 g/mol. The smallest absolute Gasteiger partial charge is 0.253 e. The van der Waals surface area contributed by atoms with Crippen molar-refractivity contribution in [1.29, 1.82) is 0 Å². The van der Waals surface area contributed by atoms with Gasteiger partial charge >= 0.3 is 0 Å². The zero-order valence-electron chi connectivity index (χ0n) is 17.2. The van der Waals surface area contributed by atoms with Gasteiger partial charge in [-0.2, -0.15) is 0 Å². The van der Waals surface area contributed by atoms with Gasteiger partial charge in [-0.3, -0.25) is 9.59 Å². The fourth-order valence-corrected chi connectivity index (χ4v) is 6.92. The molecule has 4 saturated carbocycles. The lowest BCUT2D eigenvalue weighted by Crippen LogP contribution is -2.53. The fourth-order valence-electron chi connectivity index (χ4n) is 6.92. The van der Waals surface area contributed by atoms with E-state index in [1.54, 1.807) is 0 Å². The highest BCUT2D eigenvalue weighted by atomic mass is 16.2. The maximum absolute atomic E-state index is 13.1. The molecule has 1 aromatic rings. The first-order chi connectivity index (χ1) is 14.0. The summed E-state index contributed by atoms with van der Waals surface area (Å²) in [5.74, 6) is 3.12. The van der Waals surface area contributed by atoms with Crippen molar-refractivity contribution in [3.63, 3.8) is 0 Å². The van der Waals surface area contributed by atoms with Gasteiger partial charge in [0.15, 0.2) is 0 Å². The summed E-state index contributed by atoms with van der Waals surface area (Å²) in [5.41, 5.74) is 7.41. The van der Waals surface area contributed by atoms with Crippen LogP contribution in [0.4, 0.5) is 0 Å². The Morgan fingerprint density at radius 3 is 2.21 bits per heavy atom. The molecule has 1 saturated heterocycles. The van der Waals surface area contributed by atoms with E-state index in [9.17, 15) is 9.59 Å². The molecule has 5 fully saturated rings. The average Bonchev–Trinajstić information content (AvgIpc) is 3.20. The Morgan fingerprint density at radius 2 is 1.66 bits per heavy atom. The Morgan fingerprint density at radius 1 is 1.03 bits per heavy atom. The van der Waals surface area contributed by atoms with Gasteiger partial charge in [0.2, 0.25) is 5.91 Å². The number of carbonyl (C=O) groups is 2. The molecule has 3 N–H and O–H groups in total. The molecule has 1 aliphatic heterocycles. The molecule has 0 spiro atoms. The second-order valence-electron chi connectivity index (χ2n) is 10.2. The molecule has 5 nitrogen and oxygen atoms in total. The van der Waals surface area contributed by atoms with Crippen molar-refractivity contribution in [3.8, 4) is 0 Å². The lowest BCUT2D eigenvalue weighted by atomic mass is 9.49. The summed E-state index contributed by atoms with van der Waals surface area (Å²) in [7, 11) is 0. The molecule has 5 aliphatic rings. The molecule has 1 unspecified atom stereocenters. The van der Waals surface area contributed by atoms with Gasteiger partial charge in [0.05, 0.1) is 0 Å². The number of nitrogens with one attached hydrogen (secondary N) is 1. The van der Waals surface area contributed by atoms with E-state index in [-0.39, 0.29) is 17.2 Å². The van der Waals surface area contributed by atoms with Crippen LogP contribution in [0.3, 0.4) is 0 Å². The lowest BCUT2D eigenvalue weighted by Gasteiger charge is -2.55. The summed E-state index contributed by atoms with van der Waals surface area (Å²) in [4.78, 5) is 27.7. The standard InChI is InChI=1S/C24H33N3O2/c25-13-17-5-6-27(15-17)22(28)21-3-1-16(2-4-21)14-26-23(29)24-10-18-7-19(11-24)9-20(8-18)12-24/h1-4,17-20H,5-15,25H2,(H,26,29). The Kier molecular flexibility index (Phi) is 4.89. The molecule has 2 amide bonds. The summed E-state index contributed by atoms with van der Waals surface area (Å²) in [6.45, 7) is 2.75. The van der Waals surface area contributed by atoms with Crippen molar-refractivity contribution >= 4 is 11.8 Å². The van der Waals surface area contributed by atoms with Crippen LogP contribution < -0.4 is 11.1 Å². The first kappa shape index (κ1) is 19.1. The van der Waals surface area contributed by atoms with Crippen molar-refractivity contribution in [3.05, 3.63) is 35.4 Å². The van der Waals surface area contributed by atoms with E-state index >= 15 is 0 Å². The molecule has 0 aromatic heterocycles. The van der Waals surface area contributed by atoms with Crippen molar-refractivity contribution in [2.45, 2.75) is 51.5 Å². The number of likely N-dealkylation sites (tertiary alicyclic amines) is 1. The summed E-state index contributed by atoms with van der Waals surface area (Å²) in [6, 6.07) is 7.74. The molecule has 1 aromatic carbocycles. The van der Waals surface area contributed by atoms with Crippen LogP contribution >= 0.6 is 0 Å². The Labute approximate surface area is 173 Å². The highest BCUT2D eigenvalue weighted by Crippen LogP contribution is 2.60. The largest absolute Gasteiger partial charge is 0.352 e. The van der Waals surface area contributed by atoms with Gasteiger partial charge < -0.3 is 16.0 Å². The fraction of sp³-hybridized carbons (Fsp3) is 0.667. The van der Waals surface area contributed by atoms with Gasteiger partial charge in [-0.1, -0.05) is 12.1 Å². The Bertz CT molecular complexity index is 753. The van der Waals surface area contributed by atoms with Crippen molar-refractivity contribution < 1.29 is 9.59 Å². The van der Waals surface area contributed by atoms with Crippen LogP contribution in [0.5, 0.6) is 0 Å². The number of rotatable bonds is 5. The molecular weight excluding hydrogens is 362 g/mol. The first-order valence-electron chi connectivity index (χ1n) is 11.4. The third-order valence-electron chi connectivity index (χ3n) is 8.08. The van der Waals surface area contributed by atoms with Crippen LogP contribution in [0.15, 0.2) is 24.3 Å². The number of hydrogen-bond donors (Lipinski definition) is 2.